The van der Waals surface area contributed by atoms with Crippen molar-refractivity contribution >= 4 is 63.4 Å². The number of hydrogen-bond acceptors (Lipinski definition) is 4. The number of rotatable bonds is 6. The average molecular weight is 536 g/mol. The molecule has 35 heavy (non-hydrogen) atoms. The first kappa shape index (κ1) is 25.2. The van der Waals surface area contributed by atoms with E-state index in [2.05, 4.69) is 23.8 Å². The van der Waals surface area contributed by atoms with Crippen LogP contribution in [0.4, 0.5) is 11.4 Å². The number of H-pyrrole nitrogens is 1. The predicted molar refractivity (Wildman–Crippen MR) is 145 cm³/mol. The smallest absolute Gasteiger partial charge is 0.328 e. The van der Waals surface area contributed by atoms with Gasteiger partial charge in [0.1, 0.15) is 5.69 Å². The maximum absolute atomic E-state index is 13.3. The molecule has 0 atom stereocenters. The van der Waals surface area contributed by atoms with Gasteiger partial charge in [0.15, 0.2) is 0 Å². The number of anilines is 1. The molecule has 0 aliphatic rings. The minimum absolute atomic E-state index is 0.118. The van der Waals surface area contributed by atoms with Crippen LogP contribution < -0.4 is 16.1 Å². The van der Waals surface area contributed by atoms with Crippen molar-refractivity contribution in [1.82, 2.24) is 18.9 Å². The molecule has 0 fully saturated rings. The fourth-order valence-electron chi connectivity index (χ4n) is 4.20. The van der Waals surface area contributed by atoms with E-state index in [4.69, 9.17) is 39.8 Å². The molecule has 0 unspecified atom stereocenters. The van der Waals surface area contributed by atoms with Gasteiger partial charge in [-0.05, 0) is 45.0 Å². The number of imidazole rings is 1. The van der Waals surface area contributed by atoms with Crippen molar-refractivity contribution in [3.63, 3.8) is 0 Å². The summed E-state index contributed by atoms with van der Waals surface area (Å²) in [6, 6.07) is 6.88. The van der Waals surface area contributed by atoms with Crippen LogP contribution in [0.5, 0.6) is 0 Å². The van der Waals surface area contributed by atoms with Gasteiger partial charge < -0.3 is 4.90 Å². The van der Waals surface area contributed by atoms with Gasteiger partial charge in [0.05, 0.1) is 38.0 Å². The molecule has 0 amide bonds. The number of nitrogens with zero attached hydrogens (tertiary/aromatic N) is 5. The zero-order valence-corrected chi connectivity index (χ0v) is 22.3. The van der Waals surface area contributed by atoms with Crippen molar-refractivity contribution in [3.05, 3.63) is 71.4 Å². The van der Waals surface area contributed by atoms with E-state index in [9.17, 15) is 9.59 Å². The van der Waals surface area contributed by atoms with Crippen LogP contribution in [0.2, 0.25) is 15.1 Å². The highest BCUT2D eigenvalue weighted by molar-refractivity contribution is 6.40. The summed E-state index contributed by atoms with van der Waals surface area (Å²) in [6.45, 7) is 7.40. The Balaban J connectivity index is 1.88. The second kappa shape index (κ2) is 9.60. The lowest BCUT2D eigenvalue weighted by atomic mass is 10.2. The second-order valence-electron chi connectivity index (χ2n) is 8.17. The first-order chi connectivity index (χ1) is 16.6. The molecule has 184 valence electrons. The Morgan fingerprint density at radius 2 is 1.54 bits per heavy atom. The number of benzene rings is 2. The molecular weight excluding hydrogens is 511 g/mol. The molecular formula is C24H25Cl3N6O2. The summed E-state index contributed by atoms with van der Waals surface area (Å²) in [4.78, 5) is 32.6. The van der Waals surface area contributed by atoms with Gasteiger partial charge in [-0.3, -0.25) is 24.0 Å². The fraction of sp³-hybridized carbons (Fsp3) is 0.292. The Morgan fingerprint density at radius 3 is 2.11 bits per heavy atom. The van der Waals surface area contributed by atoms with Gasteiger partial charge in [-0.2, -0.15) is 0 Å². The standard InChI is InChI=1S/C24H25Cl3N6O2/c1-6-32(7-2)19-11-21-20(30(4)24(35)31(21)5)10-18(19)28-12-15-13(3)29-33(23(15)34)22-16(26)8-14(25)9-17(22)27/h8-12,29H,6-7H2,1-5H3. The fourth-order valence-corrected chi connectivity index (χ4v) is 5.18. The topological polar surface area (TPSA) is 80.3 Å². The lowest BCUT2D eigenvalue weighted by Gasteiger charge is -2.23. The molecule has 2 heterocycles. The van der Waals surface area contributed by atoms with Crippen LogP contribution >= 0.6 is 34.8 Å². The zero-order chi connectivity index (χ0) is 25.6. The van der Waals surface area contributed by atoms with Crippen LogP contribution in [0.3, 0.4) is 0 Å². The normalized spacial score (nSPS) is 11.8. The molecule has 1 N–H and O–H groups in total. The largest absolute Gasteiger partial charge is 0.370 e. The van der Waals surface area contributed by atoms with Crippen molar-refractivity contribution in [2.45, 2.75) is 20.8 Å². The summed E-state index contributed by atoms with van der Waals surface area (Å²) in [7, 11) is 3.47. The van der Waals surface area contributed by atoms with E-state index in [1.807, 2.05) is 12.1 Å². The molecule has 0 saturated carbocycles. The predicted octanol–water partition coefficient (Wildman–Crippen LogP) is 5.22. The summed E-state index contributed by atoms with van der Waals surface area (Å²) in [5.41, 5.74) is 3.89. The Labute approximate surface area is 216 Å². The molecule has 0 saturated heterocycles. The van der Waals surface area contributed by atoms with Crippen molar-refractivity contribution in [2.75, 3.05) is 18.0 Å². The van der Waals surface area contributed by atoms with Gasteiger partial charge in [0, 0.05) is 44.1 Å². The van der Waals surface area contributed by atoms with Gasteiger partial charge in [0.25, 0.3) is 5.56 Å². The Hall–Kier alpha value is -2.94. The third kappa shape index (κ3) is 4.30. The van der Waals surface area contributed by atoms with E-state index < -0.39 is 0 Å². The zero-order valence-electron chi connectivity index (χ0n) is 20.0. The monoisotopic (exact) mass is 534 g/mol. The number of aromatic amines is 1. The summed E-state index contributed by atoms with van der Waals surface area (Å²) >= 11 is 18.7. The van der Waals surface area contributed by atoms with Gasteiger partial charge >= 0.3 is 5.69 Å². The lowest BCUT2D eigenvalue weighted by Crippen LogP contribution is -2.22. The summed E-state index contributed by atoms with van der Waals surface area (Å²) in [5, 5.41) is 3.88. The van der Waals surface area contributed by atoms with E-state index in [0.717, 1.165) is 29.8 Å². The van der Waals surface area contributed by atoms with Crippen LogP contribution in [0.15, 0.2) is 38.8 Å². The summed E-state index contributed by atoms with van der Waals surface area (Å²) in [6.07, 6.45) is 1.53. The molecule has 4 rings (SSSR count). The number of halogens is 3. The summed E-state index contributed by atoms with van der Waals surface area (Å²) in [5.74, 6) is 0. The van der Waals surface area contributed by atoms with E-state index >= 15 is 0 Å². The van der Waals surface area contributed by atoms with Crippen molar-refractivity contribution in [2.24, 2.45) is 19.1 Å². The maximum Gasteiger partial charge on any atom is 0.328 e. The number of hydrogen-bond donors (Lipinski definition) is 1. The highest BCUT2D eigenvalue weighted by atomic mass is 35.5. The number of aryl methyl sites for hydroxylation is 3. The summed E-state index contributed by atoms with van der Waals surface area (Å²) < 4.78 is 4.48. The molecule has 2 aromatic heterocycles. The minimum atomic E-state index is -0.352. The van der Waals surface area contributed by atoms with Crippen molar-refractivity contribution in [3.8, 4) is 5.69 Å². The number of fused-ring (bicyclic) bond motifs is 1. The third-order valence-corrected chi connectivity index (χ3v) is 6.92. The molecule has 0 bridgehead atoms. The van der Waals surface area contributed by atoms with E-state index in [1.165, 1.54) is 23.0 Å². The van der Waals surface area contributed by atoms with Crippen LogP contribution in [0.1, 0.15) is 25.1 Å². The van der Waals surface area contributed by atoms with E-state index in [-0.39, 0.29) is 21.3 Å². The van der Waals surface area contributed by atoms with Gasteiger partial charge in [-0.1, -0.05) is 34.8 Å². The Bertz CT molecular complexity index is 1560. The van der Waals surface area contributed by atoms with Crippen LogP contribution in [0.25, 0.3) is 16.7 Å². The average Bonchev–Trinajstić information content (AvgIpc) is 3.19. The number of aliphatic imine (C=N–C) groups is 1. The minimum Gasteiger partial charge on any atom is -0.370 e. The second-order valence-corrected chi connectivity index (χ2v) is 9.42. The highest BCUT2D eigenvalue weighted by Gasteiger charge is 2.18. The molecule has 0 aliphatic carbocycles. The molecule has 0 aliphatic heterocycles. The van der Waals surface area contributed by atoms with Gasteiger partial charge in [-0.15, -0.1) is 0 Å². The molecule has 0 spiro atoms. The van der Waals surface area contributed by atoms with Crippen molar-refractivity contribution < 1.29 is 0 Å². The molecule has 4 aromatic rings. The highest BCUT2D eigenvalue weighted by Crippen LogP contribution is 2.34. The first-order valence-electron chi connectivity index (χ1n) is 11.0. The van der Waals surface area contributed by atoms with Gasteiger partial charge in [0.2, 0.25) is 0 Å². The maximum atomic E-state index is 13.3. The third-order valence-electron chi connectivity index (χ3n) is 6.13. The van der Waals surface area contributed by atoms with Crippen molar-refractivity contribution in [1.29, 1.82) is 0 Å². The molecule has 2 aromatic carbocycles. The van der Waals surface area contributed by atoms with Gasteiger partial charge in [-0.25, -0.2) is 9.48 Å². The Morgan fingerprint density at radius 1 is 0.971 bits per heavy atom. The lowest BCUT2D eigenvalue weighted by molar-refractivity contribution is 0.795. The first-order valence-corrected chi connectivity index (χ1v) is 12.2. The molecule has 8 nitrogen and oxygen atoms in total. The van der Waals surface area contributed by atoms with Crippen LogP contribution in [-0.4, -0.2) is 38.2 Å². The number of nitrogens with one attached hydrogen (secondary N) is 1. The van der Waals surface area contributed by atoms with E-state index in [0.29, 0.717) is 27.7 Å². The van der Waals surface area contributed by atoms with Crippen LogP contribution in [-0.2, 0) is 14.1 Å². The van der Waals surface area contributed by atoms with Crippen LogP contribution in [0, 0.1) is 6.92 Å². The number of aromatic nitrogens is 4. The molecule has 0 radical (unpaired) electrons. The molecule has 11 heteroatoms. The quantitative estimate of drug-likeness (QED) is 0.344. The van der Waals surface area contributed by atoms with E-state index in [1.54, 1.807) is 30.2 Å². The Kier molecular flexibility index (Phi) is 6.90. The SMILES string of the molecule is CCN(CC)c1cc2c(cc1N=Cc1c(C)[nH]n(-c3c(Cl)cc(Cl)cc3Cl)c1=O)n(C)c(=O)n2C.